The zero-order valence-corrected chi connectivity index (χ0v) is 16.7. The Morgan fingerprint density at radius 1 is 1.33 bits per heavy atom. The second kappa shape index (κ2) is 7.92. The number of carboxylic acids is 1. The molecule has 3 N–H and O–H groups in total. The van der Waals surface area contributed by atoms with Gasteiger partial charge in [0.05, 0.1) is 12.2 Å². The van der Waals surface area contributed by atoms with Gasteiger partial charge in [-0.1, -0.05) is 38.2 Å². The highest BCUT2D eigenvalue weighted by Gasteiger charge is 2.50. The highest BCUT2D eigenvalue weighted by atomic mass is 16.5. The molecule has 0 heterocycles. The first-order valence-corrected chi connectivity index (χ1v) is 10.4. The fourth-order valence-corrected chi connectivity index (χ4v) is 6.10. The van der Waals surface area contributed by atoms with E-state index in [0.717, 1.165) is 36.8 Å². The predicted octanol–water partition coefficient (Wildman–Crippen LogP) is 4.24. The van der Waals surface area contributed by atoms with E-state index in [0.29, 0.717) is 24.7 Å². The maximum absolute atomic E-state index is 11.2. The predicted molar refractivity (Wildman–Crippen MR) is 106 cm³/mol. The van der Waals surface area contributed by atoms with Crippen molar-refractivity contribution in [2.75, 3.05) is 0 Å². The Kier molecular flexibility index (Phi) is 5.97. The van der Waals surface area contributed by atoms with E-state index in [9.17, 15) is 20.1 Å². The van der Waals surface area contributed by atoms with Crippen LogP contribution in [0.3, 0.4) is 0 Å². The Morgan fingerprint density at radius 3 is 2.78 bits per heavy atom. The minimum absolute atomic E-state index is 0.181. The summed E-state index contributed by atoms with van der Waals surface area (Å²) in [6.45, 7) is 8.46. The second-order valence-electron chi connectivity index (χ2n) is 9.24. The molecule has 0 aromatic heterocycles. The van der Waals surface area contributed by atoms with E-state index in [1.165, 1.54) is 12.0 Å². The average molecular weight is 376 g/mol. The molecule has 150 valence electrons. The molecule has 0 amide bonds. The van der Waals surface area contributed by atoms with Gasteiger partial charge >= 0.3 is 5.97 Å². The number of aliphatic carboxylic acids is 1. The average Bonchev–Trinajstić information content (AvgIpc) is 2.93. The smallest absolute Gasteiger partial charge is 0.303 e. The molecule has 0 radical (unpaired) electrons. The lowest BCUT2D eigenvalue weighted by Crippen LogP contribution is -2.36. The van der Waals surface area contributed by atoms with Crippen LogP contribution in [0.15, 0.2) is 35.5 Å². The third-order valence-corrected chi connectivity index (χ3v) is 7.49. The maximum Gasteiger partial charge on any atom is 0.303 e. The number of fused-ring (bicyclic) bond motifs is 1. The first kappa shape index (κ1) is 20.3. The molecule has 0 aromatic carbocycles. The molecule has 4 nitrogen and oxygen atoms in total. The van der Waals surface area contributed by atoms with Crippen LogP contribution < -0.4 is 0 Å². The maximum atomic E-state index is 11.2. The number of aliphatic hydroxyl groups excluding tert-OH is 2. The van der Waals surface area contributed by atoms with Crippen LogP contribution in [0.1, 0.15) is 65.2 Å². The van der Waals surface area contributed by atoms with Gasteiger partial charge in [-0.2, -0.15) is 0 Å². The SMILES string of the molecule is C=C1/C(=C\C=C2/CCC[C@]3(C)[C@@H]([C@H](C)C[13C](=O)O)CC[C@@H]23)C[C@@H](O)C[C@@H]1O. The van der Waals surface area contributed by atoms with Crippen molar-refractivity contribution in [1.29, 1.82) is 0 Å². The first-order chi connectivity index (χ1) is 12.7. The Bertz CT molecular complexity index is 661. The highest BCUT2D eigenvalue weighted by molar-refractivity contribution is 5.67. The number of allylic oxidation sites excluding steroid dienone is 3. The van der Waals surface area contributed by atoms with Crippen LogP contribution in [0, 0.1) is 23.2 Å². The monoisotopic (exact) mass is 375 g/mol. The van der Waals surface area contributed by atoms with Crippen molar-refractivity contribution in [3.05, 3.63) is 35.5 Å². The Balaban J connectivity index is 1.80. The van der Waals surface area contributed by atoms with Crippen molar-refractivity contribution >= 4 is 5.97 Å². The Morgan fingerprint density at radius 2 is 2.07 bits per heavy atom. The fraction of sp³-hybridized carbons (Fsp3) is 0.696. The van der Waals surface area contributed by atoms with Gasteiger partial charge in [-0.25, -0.2) is 0 Å². The molecule has 27 heavy (non-hydrogen) atoms. The van der Waals surface area contributed by atoms with Crippen molar-refractivity contribution in [3.63, 3.8) is 0 Å². The molecule has 0 aromatic rings. The standard InChI is InChI=1S/C23H34O4/c1-14(11-22(26)27)19-8-9-20-16(5-4-10-23(19,20)3)6-7-17-12-18(24)13-21(25)15(17)2/h6-7,14,18-21,24-25H,2,4-5,8-13H2,1,3H3,(H,26,27)/b16-6+,17-7-/t14-,18-,19-,20+,21+,23-/m1/s1/i22+1. The summed E-state index contributed by atoms with van der Waals surface area (Å²) in [6.07, 6.45) is 9.93. The van der Waals surface area contributed by atoms with Gasteiger partial charge in [0.1, 0.15) is 0 Å². The molecule has 4 heteroatoms. The van der Waals surface area contributed by atoms with Crippen molar-refractivity contribution in [3.8, 4) is 0 Å². The third kappa shape index (κ3) is 4.07. The molecule has 3 rings (SSSR count). The van der Waals surface area contributed by atoms with E-state index in [-0.39, 0.29) is 17.8 Å². The lowest BCUT2D eigenvalue weighted by molar-refractivity contribution is -0.138. The summed E-state index contributed by atoms with van der Waals surface area (Å²) >= 11 is 0. The summed E-state index contributed by atoms with van der Waals surface area (Å²) in [7, 11) is 0. The van der Waals surface area contributed by atoms with Crippen LogP contribution in [-0.2, 0) is 4.79 Å². The highest BCUT2D eigenvalue weighted by Crippen LogP contribution is 2.59. The van der Waals surface area contributed by atoms with E-state index < -0.39 is 18.2 Å². The molecule has 0 saturated heterocycles. The van der Waals surface area contributed by atoms with E-state index in [2.05, 4.69) is 32.6 Å². The molecule has 3 aliphatic rings. The van der Waals surface area contributed by atoms with Crippen molar-refractivity contribution in [1.82, 2.24) is 0 Å². The van der Waals surface area contributed by atoms with Gasteiger partial charge in [0, 0.05) is 12.8 Å². The molecule has 0 aliphatic heterocycles. The first-order valence-electron chi connectivity index (χ1n) is 10.4. The molecular weight excluding hydrogens is 341 g/mol. The van der Waals surface area contributed by atoms with Gasteiger partial charge in [-0.3, -0.25) is 4.79 Å². The molecular formula is C23H34O4. The molecule has 6 atom stereocenters. The largest absolute Gasteiger partial charge is 0.481 e. The van der Waals surface area contributed by atoms with Gasteiger partial charge in [0.2, 0.25) is 0 Å². The van der Waals surface area contributed by atoms with Crippen LogP contribution in [0.5, 0.6) is 0 Å². The number of carboxylic acid groups (broad SMARTS) is 1. The molecule has 3 saturated carbocycles. The van der Waals surface area contributed by atoms with Crippen LogP contribution >= 0.6 is 0 Å². The number of hydrogen-bond donors (Lipinski definition) is 3. The van der Waals surface area contributed by atoms with Crippen molar-refractivity contribution in [2.45, 2.75) is 77.4 Å². The second-order valence-corrected chi connectivity index (χ2v) is 9.24. The van der Waals surface area contributed by atoms with Crippen molar-refractivity contribution in [2.24, 2.45) is 23.2 Å². The summed E-state index contributed by atoms with van der Waals surface area (Å²) in [5.74, 6) is 0.483. The van der Waals surface area contributed by atoms with E-state index >= 15 is 0 Å². The number of aliphatic hydroxyl groups is 2. The van der Waals surface area contributed by atoms with E-state index in [1.807, 2.05) is 0 Å². The summed E-state index contributed by atoms with van der Waals surface area (Å²) in [5, 5.41) is 29.2. The van der Waals surface area contributed by atoms with Crippen LogP contribution in [0.25, 0.3) is 0 Å². The summed E-state index contributed by atoms with van der Waals surface area (Å²) in [5.41, 5.74) is 3.31. The van der Waals surface area contributed by atoms with Gasteiger partial charge in [-0.15, -0.1) is 0 Å². The molecule has 0 bridgehead atoms. The van der Waals surface area contributed by atoms with Gasteiger partial charge < -0.3 is 15.3 Å². The number of rotatable bonds is 4. The minimum atomic E-state index is -0.696. The third-order valence-electron chi connectivity index (χ3n) is 7.49. The van der Waals surface area contributed by atoms with E-state index in [4.69, 9.17) is 0 Å². The molecule has 0 unspecified atom stereocenters. The van der Waals surface area contributed by atoms with Crippen LogP contribution in [-0.4, -0.2) is 33.5 Å². The summed E-state index contributed by atoms with van der Waals surface area (Å²) < 4.78 is 0. The van der Waals surface area contributed by atoms with E-state index in [1.54, 1.807) is 0 Å². The minimum Gasteiger partial charge on any atom is -0.481 e. The van der Waals surface area contributed by atoms with Crippen LogP contribution in [0.2, 0.25) is 0 Å². The zero-order chi connectivity index (χ0) is 19.8. The topological polar surface area (TPSA) is 77.8 Å². The lowest BCUT2D eigenvalue weighted by Gasteiger charge is -2.44. The summed E-state index contributed by atoms with van der Waals surface area (Å²) in [4.78, 5) is 11.2. The fourth-order valence-electron chi connectivity index (χ4n) is 6.10. The number of hydrogen-bond acceptors (Lipinski definition) is 3. The van der Waals surface area contributed by atoms with Crippen molar-refractivity contribution < 1.29 is 20.1 Å². The molecule has 3 fully saturated rings. The number of carbonyl (C=O) groups is 1. The Hall–Kier alpha value is -1.39. The van der Waals surface area contributed by atoms with Gasteiger partial charge in [0.25, 0.3) is 0 Å². The normalized spacial score (nSPS) is 41.0. The lowest BCUT2D eigenvalue weighted by atomic mass is 9.61. The van der Waals surface area contributed by atoms with Gasteiger partial charge in [-0.05, 0) is 72.8 Å². The van der Waals surface area contributed by atoms with Crippen LogP contribution in [0.4, 0.5) is 0 Å². The molecule has 3 aliphatic carbocycles. The zero-order valence-electron chi connectivity index (χ0n) is 16.7. The molecule has 0 spiro atoms. The van der Waals surface area contributed by atoms with Gasteiger partial charge in [0.15, 0.2) is 0 Å². The quantitative estimate of drug-likeness (QED) is 0.642. The summed E-state index contributed by atoms with van der Waals surface area (Å²) in [6, 6.07) is 0. The Labute approximate surface area is 162 Å².